The average molecular weight is 279 g/mol. The van der Waals surface area contributed by atoms with Gasteiger partial charge in [0.1, 0.15) is 6.61 Å². The Balaban J connectivity index is 1.70. The number of nitrogens with zero attached hydrogens (tertiary/aromatic N) is 1. The van der Waals surface area contributed by atoms with Crippen LogP contribution in [0, 0.1) is 5.92 Å². The van der Waals surface area contributed by atoms with Crippen LogP contribution in [0.15, 0.2) is 59.6 Å². The average Bonchev–Trinajstić information content (AvgIpc) is 2.98. The zero-order chi connectivity index (χ0) is 14.7. The molecule has 1 atom stereocenters. The lowest BCUT2D eigenvalue weighted by Gasteiger charge is -2.06. The first kappa shape index (κ1) is 13.9. The Kier molecular flexibility index (Phi) is 4.05. The second-order valence-electron chi connectivity index (χ2n) is 5.88. The molecule has 0 aromatic heterocycles. The van der Waals surface area contributed by atoms with Gasteiger partial charge in [0.25, 0.3) is 0 Å². The predicted octanol–water partition coefficient (Wildman–Crippen LogP) is 4.35. The Labute approximate surface area is 126 Å². The minimum Gasteiger partial charge on any atom is -0.478 e. The van der Waals surface area contributed by atoms with E-state index in [1.807, 2.05) is 6.07 Å². The van der Waals surface area contributed by atoms with E-state index >= 15 is 0 Å². The molecule has 0 radical (unpaired) electrons. The highest BCUT2D eigenvalue weighted by molar-refractivity contribution is 5.80. The van der Waals surface area contributed by atoms with Crippen molar-refractivity contribution >= 4 is 5.90 Å². The maximum atomic E-state index is 5.70. The van der Waals surface area contributed by atoms with Crippen molar-refractivity contribution in [3.05, 3.63) is 60.2 Å². The maximum absolute atomic E-state index is 5.70. The topological polar surface area (TPSA) is 21.6 Å². The molecule has 0 bridgehead atoms. The molecule has 3 rings (SSSR count). The van der Waals surface area contributed by atoms with Crippen molar-refractivity contribution in [2.45, 2.75) is 26.3 Å². The van der Waals surface area contributed by atoms with Crippen LogP contribution in [0.1, 0.15) is 19.4 Å². The Morgan fingerprint density at radius 1 is 1.00 bits per heavy atom. The summed E-state index contributed by atoms with van der Waals surface area (Å²) in [6, 6.07) is 19.4. The van der Waals surface area contributed by atoms with Gasteiger partial charge in [0.2, 0.25) is 0 Å². The van der Waals surface area contributed by atoms with E-state index in [0.717, 1.165) is 18.9 Å². The van der Waals surface area contributed by atoms with Crippen molar-refractivity contribution < 1.29 is 4.74 Å². The first-order chi connectivity index (χ1) is 10.2. The Morgan fingerprint density at radius 2 is 1.67 bits per heavy atom. The molecule has 0 N–H and O–H groups in total. The zero-order valence-electron chi connectivity index (χ0n) is 12.6. The SMILES string of the molecule is CC(C)C1COC(Cc2ccc(-c3ccccc3)cc2)=N1. The highest BCUT2D eigenvalue weighted by Gasteiger charge is 2.21. The van der Waals surface area contributed by atoms with Gasteiger partial charge < -0.3 is 4.74 Å². The van der Waals surface area contributed by atoms with Crippen LogP contribution in [0.25, 0.3) is 11.1 Å². The van der Waals surface area contributed by atoms with Crippen LogP contribution >= 0.6 is 0 Å². The van der Waals surface area contributed by atoms with Crippen LogP contribution in [-0.4, -0.2) is 18.5 Å². The van der Waals surface area contributed by atoms with Crippen LogP contribution in [-0.2, 0) is 11.2 Å². The second kappa shape index (κ2) is 6.13. The third-order valence-electron chi connectivity index (χ3n) is 3.92. The Morgan fingerprint density at radius 3 is 2.29 bits per heavy atom. The van der Waals surface area contributed by atoms with Crippen LogP contribution in [0.3, 0.4) is 0 Å². The van der Waals surface area contributed by atoms with Crippen LogP contribution < -0.4 is 0 Å². The third kappa shape index (κ3) is 3.33. The summed E-state index contributed by atoms with van der Waals surface area (Å²) in [5.41, 5.74) is 3.74. The summed E-state index contributed by atoms with van der Waals surface area (Å²) in [6.45, 7) is 5.11. The van der Waals surface area contributed by atoms with Crippen molar-refractivity contribution in [2.75, 3.05) is 6.61 Å². The number of rotatable bonds is 4. The highest BCUT2D eigenvalue weighted by atomic mass is 16.5. The van der Waals surface area contributed by atoms with Crippen molar-refractivity contribution in [1.29, 1.82) is 0 Å². The second-order valence-corrected chi connectivity index (χ2v) is 5.88. The molecule has 108 valence electrons. The molecule has 0 amide bonds. The van der Waals surface area contributed by atoms with Gasteiger partial charge in [-0.2, -0.15) is 0 Å². The molecular formula is C19H21NO. The Bertz CT molecular complexity index is 614. The molecule has 1 unspecified atom stereocenters. The number of hydrogen-bond acceptors (Lipinski definition) is 2. The van der Waals surface area contributed by atoms with Crippen molar-refractivity contribution in [2.24, 2.45) is 10.9 Å². The van der Waals surface area contributed by atoms with Gasteiger partial charge in [-0.25, -0.2) is 4.99 Å². The molecule has 0 fully saturated rings. The molecule has 0 spiro atoms. The fourth-order valence-corrected chi connectivity index (χ4v) is 2.50. The van der Waals surface area contributed by atoms with Crippen LogP contribution in [0.2, 0.25) is 0 Å². The Hall–Kier alpha value is -2.09. The summed E-state index contributed by atoms with van der Waals surface area (Å²) in [4.78, 5) is 4.66. The molecule has 2 aromatic carbocycles. The van der Waals surface area contributed by atoms with Gasteiger partial charge in [-0.3, -0.25) is 0 Å². The third-order valence-corrected chi connectivity index (χ3v) is 3.92. The summed E-state index contributed by atoms with van der Waals surface area (Å²) in [7, 11) is 0. The van der Waals surface area contributed by atoms with Gasteiger partial charge in [-0.15, -0.1) is 0 Å². The summed E-state index contributed by atoms with van der Waals surface area (Å²) in [5.74, 6) is 1.42. The summed E-state index contributed by atoms with van der Waals surface area (Å²) in [6.07, 6.45) is 0.790. The molecule has 0 saturated heterocycles. The first-order valence-electron chi connectivity index (χ1n) is 7.56. The summed E-state index contributed by atoms with van der Waals surface area (Å²) in [5, 5.41) is 0. The van der Waals surface area contributed by atoms with Gasteiger partial charge in [0.05, 0.1) is 6.04 Å². The van der Waals surface area contributed by atoms with Crippen molar-refractivity contribution in [3.8, 4) is 11.1 Å². The molecule has 2 heteroatoms. The van der Waals surface area contributed by atoms with Gasteiger partial charge >= 0.3 is 0 Å². The van der Waals surface area contributed by atoms with E-state index in [-0.39, 0.29) is 0 Å². The molecule has 2 aromatic rings. The van der Waals surface area contributed by atoms with E-state index in [2.05, 4.69) is 67.4 Å². The number of hydrogen-bond donors (Lipinski definition) is 0. The zero-order valence-corrected chi connectivity index (χ0v) is 12.6. The largest absolute Gasteiger partial charge is 0.478 e. The summed E-state index contributed by atoms with van der Waals surface area (Å²) < 4.78 is 5.70. The fourth-order valence-electron chi connectivity index (χ4n) is 2.50. The van der Waals surface area contributed by atoms with Gasteiger partial charge in [0, 0.05) is 6.42 Å². The van der Waals surface area contributed by atoms with Gasteiger partial charge in [0.15, 0.2) is 5.90 Å². The van der Waals surface area contributed by atoms with E-state index in [1.54, 1.807) is 0 Å². The lowest BCUT2D eigenvalue weighted by molar-refractivity contribution is 0.287. The van der Waals surface area contributed by atoms with Crippen LogP contribution in [0.4, 0.5) is 0 Å². The predicted molar refractivity (Wildman–Crippen MR) is 87.6 cm³/mol. The molecule has 1 heterocycles. The van der Waals surface area contributed by atoms with Gasteiger partial charge in [-0.1, -0.05) is 68.4 Å². The molecule has 1 aliphatic rings. The number of benzene rings is 2. The van der Waals surface area contributed by atoms with E-state index in [1.165, 1.54) is 16.7 Å². The minimum atomic E-state index is 0.323. The number of aliphatic imine (C=N–C) groups is 1. The highest BCUT2D eigenvalue weighted by Crippen LogP contribution is 2.21. The standard InChI is InChI=1S/C19H21NO/c1-14(2)18-13-21-19(20-18)12-15-8-10-17(11-9-15)16-6-4-3-5-7-16/h3-11,14,18H,12-13H2,1-2H3. The van der Waals surface area contributed by atoms with E-state index in [0.29, 0.717) is 12.0 Å². The normalized spacial score (nSPS) is 17.7. The number of ether oxygens (including phenoxy) is 1. The molecule has 0 saturated carbocycles. The lowest BCUT2D eigenvalue weighted by atomic mass is 10.0. The molecular weight excluding hydrogens is 258 g/mol. The molecule has 0 aliphatic carbocycles. The smallest absolute Gasteiger partial charge is 0.188 e. The van der Waals surface area contributed by atoms with Gasteiger partial charge in [-0.05, 0) is 22.6 Å². The quantitative estimate of drug-likeness (QED) is 0.815. The van der Waals surface area contributed by atoms with E-state index in [9.17, 15) is 0 Å². The summed E-state index contributed by atoms with van der Waals surface area (Å²) >= 11 is 0. The molecule has 1 aliphatic heterocycles. The van der Waals surface area contributed by atoms with Crippen molar-refractivity contribution in [3.63, 3.8) is 0 Å². The van der Waals surface area contributed by atoms with Crippen molar-refractivity contribution in [1.82, 2.24) is 0 Å². The maximum Gasteiger partial charge on any atom is 0.188 e. The van der Waals surface area contributed by atoms with Crippen LogP contribution in [0.5, 0.6) is 0 Å². The minimum absolute atomic E-state index is 0.323. The molecule has 2 nitrogen and oxygen atoms in total. The fraction of sp³-hybridized carbons (Fsp3) is 0.316. The first-order valence-corrected chi connectivity index (χ1v) is 7.56. The lowest BCUT2D eigenvalue weighted by Crippen LogP contribution is -2.13. The molecule has 21 heavy (non-hydrogen) atoms. The van der Waals surface area contributed by atoms with E-state index < -0.39 is 0 Å². The van der Waals surface area contributed by atoms with E-state index in [4.69, 9.17) is 4.74 Å². The monoisotopic (exact) mass is 279 g/mol.